The van der Waals surface area contributed by atoms with Crippen LogP contribution in [0.1, 0.15) is 5.69 Å². The molecule has 0 spiro atoms. The van der Waals surface area contributed by atoms with Gasteiger partial charge in [0.2, 0.25) is 0 Å². The maximum atomic E-state index is 3.88. The van der Waals surface area contributed by atoms with Crippen molar-refractivity contribution in [1.82, 2.24) is 4.57 Å². The Morgan fingerprint density at radius 1 is 0.562 bits per heavy atom. The van der Waals surface area contributed by atoms with E-state index in [4.69, 9.17) is 0 Å². The van der Waals surface area contributed by atoms with Crippen LogP contribution in [0, 0.1) is 6.92 Å². The van der Waals surface area contributed by atoms with Crippen molar-refractivity contribution in [2.75, 3.05) is 0 Å². The Morgan fingerprint density at radius 2 is 0.938 bits per heavy atom. The lowest BCUT2D eigenvalue weighted by Gasteiger charge is -2.35. The number of para-hydroxylation sites is 1. The maximum absolute atomic E-state index is 3.88. The van der Waals surface area contributed by atoms with E-state index in [1.807, 2.05) is 0 Å². The molecule has 4 aromatic carbocycles. The Hall–Kier alpha value is -3.14. The van der Waals surface area contributed by atoms with Gasteiger partial charge in [-0.3, -0.25) is 0 Å². The summed E-state index contributed by atoms with van der Waals surface area (Å²) >= 11 is 3.88. The number of aromatic nitrogens is 1. The number of hydrogen-bond donors (Lipinski definition) is 0. The molecular weight excluding hydrogens is 470 g/mol. The first kappa shape index (κ1) is 20.7. The largest absolute Gasteiger partial charge is 0.320 e. The van der Waals surface area contributed by atoms with Gasteiger partial charge in [-0.25, -0.2) is 0 Å². The summed E-state index contributed by atoms with van der Waals surface area (Å²) in [6.45, 7) is 2.20. The number of nitrogens with zero attached hydrogens (tertiary/aromatic N) is 1. The molecule has 1 nitrogen and oxygen atoms in total. The lowest BCUT2D eigenvalue weighted by atomic mass is 10.3. The van der Waals surface area contributed by atoms with Crippen LogP contribution in [0.5, 0.6) is 0 Å². The fourth-order valence-electron chi connectivity index (χ4n) is 4.77. The van der Waals surface area contributed by atoms with Crippen LogP contribution in [0.15, 0.2) is 132 Å². The second-order valence-electron chi connectivity index (χ2n) is 7.98. The van der Waals surface area contributed by atoms with Crippen molar-refractivity contribution in [3.05, 3.63) is 138 Å². The van der Waals surface area contributed by atoms with Crippen LogP contribution < -0.4 is 20.9 Å². The summed E-state index contributed by atoms with van der Waals surface area (Å²) in [4.78, 5) is 0. The Bertz CT molecular complexity index is 1220. The molecule has 0 atom stereocenters. The van der Waals surface area contributed by atoms with Crippen LogP contribution in [0.2, 0.25) is 0 Å². The van der Waals surface area contributed by atoms with E-state index < -0.39 is 8.07 Å². The molecule has 0 N–H and O–H groups in total. The van der Waals surface area contributed by atoms with Gasteiger partial charge in [0.25, 0.3) is 0 Å². The Kier molecular flexibility index (Phi) is 5.69. The van der Waals surface area contributed by atoms with Crippen molar-refractivity contribution in [3.8, 4) is 5.69 Å². The molecule has 0 amide bonds. The number of halogens is 1. The maximum Gasteiger partial charge on any atom is 0.199 e. The quantitative estimate of drug-likeness (QED) is 0.241. The fraction of sp³-hybridized carbons (Fsp3) is 0.0345. The molecule has 1 aromatic heterocycles. The van der Waals surface area contributed by atoms with Gasteiger partial charge in [0.05, 0.1) is 0 Å². The SMILES string of the molecule is Cc1c(Br)cc([Si](c2ccccc2)(c2ccccc2)c2ccccc2)n1-c1ccccc1. The summed E-state index contributed by atoms with van der Waals surface area (Å²) in [5.41, 5.74) is 2.40. The highest BCUT2D eigenvalue weighted by Gasteiger charge is 2.44. The first-order valence-electron chi connectivity index (χ1n) is 10.8. The van der Waals surface area contributed by atoms with E-state index >= 15 is 0 Å². The van der Waals surface area contributed by atoms with Gasteiger partial charge in [-0.15, -0.1) is 0 Å². The standard InChI is InChI=1S/C29H24BrNSi/c1-23-28(30)22-29(31(23)24-14-6-2-7-15-24)32(25-16-8-3-9-17-25,26-18-10-4-11-19-26)27-20-12-5-13-21-27/h2-22H,1H3. The van der Waals surface area contributed by atoms with Crippen LogP contribution >= 0.6 is 15.9 Å². The zero-order valence-corrected chi connectivity index (χ0v) is 20.5. The van der Waals surface area contributed by atoms with E-state index in [1.165, 1.54) is 32.3 Å². The normalized spacial score (nSPS) is 11.4. The molecule has 0 unspecified atom stereocenters. The average molecular weight is 495 g/mol. The fourth-order valence-corrected chi connectivity index (χ4v) is 10.3. The molecule has 0 bridgehead atoms. The third kappa shape index (κ3) is 3.38. The molecule has 5 rings (SSSR count). The third-order valence-corrected chi connectivity index (χ3v) is 11.7. The van der Waals surface area contributed by atoms with Crippen molar-refractivity contribution in [3.63, 3.8) is 0 Å². The van der Waals surface area contributed by atoms with E-state index in [1.54, 1.807) is 0 Å². The summed E-state index contributed by atoms with van der Waals surface area (Å²) in [7, 11) is -2.60. The topological polar surface area (TPSA) is 4.93 Å². The smallest absolute Gasteiger partial charge is 0.199 e. The third-order valence-electron chi connectivity index (χ3n) is 6.20. The van der Waals surface area contributed by atoms with Crippen molar-refractivity contribution < 1.29 is 0 Å². The molecule has 0 radical (unpaired) electrons. The van der Waals surface area contributed by atoms with Gasteiger partial charge in [0, 0.05) is 21.2 Å². The highest BCUT2D eigenvalue weighted by molar-refractivity contribution is 9.10. The summed E-state index contributed by atoms with van der Waals surface area (Å²) in [5, 5.41) is 5.47. The average Bonchev–Trinajstić information content (AvgIpc) is 3.16. The zero-order chi connectivity index (χ0) is 22.0. The van der Waals surface area contributed by atoms with Gasteiger partial charge >= 0.3 is 0 Å². The number of benzene rings is 4. The Morgan fingerprint density at radius 3 is 1.34 bits per heavy atom. The summed E-state index contributed by atoms with van der Waals surface area (Å²) in [6.07, 6.45) is 0. The van der Waals surface area contributed by atoms with E-state index in [9.17, 15) is 0 Å². The van der Waals surface area contributed by atoms with E-state index in [0.717, 1.165) is 4.47 Å². The molecule has 3 heteroatoms. The van der Waals surface area contributed by atoms with Gasteiger partial charge in [0.1, 0.15) is 0 Å². The minimum absolute atomic E-state index is 1.14. The van der Waals surface area contributed by atoms with Gasteiger partial charge in [0.15, 0.2) is 8.07 Å². The van der Waals surface area contributed by atoms with Crippen molar-refractivity contribution in [2.45, 2.75) is 6.92 Å². The predicted octanol–water partition coefficient (Wildman–Crippen LogP) is 4.93. The molecular formula is C29H24BrNSi. The van der Waals surface area contributed by atoms with E-state index in [0.29, 0.717) is 0 Å². The number of hydrogen-bond acceptors (Lipinski definition) is 0. The second-order valence-corrected chi connectivity index (χ2v) is 12.6. The van der Waals surface area contributed by atoms with Gasteiger partial charge in [-0.2, -0.15) is 0 Å². The van der Waals surface area contributed by atoms with E-state index in [2.05, 4.69) is 155 Å². The lowest BCUT2D eigenvalue weighted by Crippen LogP contribution is -2.76. The predicted molar refractivity (Wildman–Crippen MR) is 142 cm³/mol. The van der Waals surface area contributed by atoms with Crippen LogP contribution in [0.3, 0.4) is 0 Å². The van der Waals surface area contributed by atoms with Gasteiger partial charge in [-0.05, 0) is 56.6 Å². The summed E-state index contributed by atoms with van der Waals surface area (Å²) in [5.74, 6) is 0. The molecule has 0 fully saturated rings. The minimum Gasteiger partial charge on any atom is -0.320 e. The first-order valence-corrected chi connectivity index (χ1v) is 13.6. The van der Waals surface area contributed by atoms with Crippen LogP contribution in [0.4, 0.5) is 0 Å². The van der Waals surface area contributed by atoms with Crippen molar-refractivity contribution in [2.24, 2.45) is 0 Å². The summed E-state index contributed by atoms with van der Waals surface area (Å²) < 4.78 is 3.58. The molecule has 32 heavy (non-hydrogen) atoms. The molecule has 0 aliphatic rings. The monoisotopic (exact) mass is 493 g/mol. The van der Waals surface area contributed by atoms with Gasteiger partial charge < -0.3 is 4.57 Å². The number of rotatable bonds is 5. The molecule has 5 aromatic rings. The highest BCUT2D eigenvalue weighted by Crippen LogP contribution is 2.23. The van der Waals surface area contributed by atoms with Crippen LogP contribution in [0.25, 0.3) is 5.69 Å². The molecule has 0 aliphatic heterocycles. The summed E-state index contributed by atoms with van der Waals surface area (Å²) in [6, 6.07) is 46.2. The Balaban J connectivity index is 1.97. The molecule has 0 saturated heterocycles. The van der Waals surface area contributed by atoms with E-state index in [-0.39, 0.29) is 0 Å². The first-order chi connectivity index (χ1) is 15.7. The molecule has 156 valence electrons. The van der Waals surface area contributed by atoms with Crippen LogP contribution in [-0.4, -0.2) is 12.6 Å². The second kappa shape index (κ2) is 8.77. The Labute approximate surface area is 199 Å². The lowest BCUT2D eigenvalue weighted by molar-refractivity contribution is 1.04. The zero-order valence-electron chi connectivity index (χ0n) is 17.9. The minimum atomic E-state index is -2.60. The van der Waals surface area contributed by atoms with Crippen molar-refractivity contribution >= 4 is 44.9 Å². The van der Waals surface area contributed by atoms with Crippen molar-refractivity contribution in [1.29, 1.82) is 0 Å². The molecule has 1 heterocycles. The molecule has 0 saturated carbocycles. The highest BCUT2D eigenvalue weighted by atomic mass is 79.9. The molecule has 0 aliphatic carbocycles. The van der Waals surface area contributed by atoms with Gasteiger partial charge in [-0.1, -0.05) is 109 Å². The van der Waals surface area contributed by atoms with Crippen LogP contribution in [-0.2, 0) is 0 Å².